The number of carbonyl (C=O) groups is 1. The maximum atomic E-state index is 13.4. The van der Waals surface area contributed by atoms with Crippen LogP contribution in [0.15, 0.2) is 91.4 Å². The number of rotatable bonds is 7. The SMILES string of the molecule is CNc1ncnc2c1ccn2[C@@H]1O[C@H]([C@H](OC(=O)c2ccc(-c3ccccc3)cc2)c2ccc(Cl)c(Cl)c2)[C@@H](O)[C@H]1O. The molecule has 42 heavy (non-hydrogen) atoms. The van der Waals surface area contributed by atoms with Gasteiger partial charge in [0.2, 0.25) is 0 Å². The first-order valence-corrected chi connectivity index (χ1v) is 13.9. The molecule has 0 radical (unpaired) electrons. The van der Waals surface area contributed by atoms with Crippen molar-refractivity contribution in [2.24, 2.45) is 0 Å². The molecule has 0 bridgehead atoms. The predicted octanol–water partition coefficient (Wildman–Crippen LogP) is 5.66. The summed E-state index contributed by atoms with van der Waals surface area (Å²) >= 11 is 12.5. The van der Waals surface area contributed by atoms with Crippen molar-refractivity contribution in [3.8, 4) is 11.1 Å². The third-order valence-electron chi connectivity index (χ3n) is 7.33. The summed E-state index contributed by atoms with van der Waals surface area (Å²) in [7, 11) is 1.74. The number of carbonyl (C=O) groups excluding carboxylic acids is 1. The average molecular weight is 605 g/mol. The number of aliphatic hydroxyl groups is 2. The van der Waals surface area contributed by atoms with Gasteiger partial charge in [0.25, 0.3) is 0 Å². The Morgan fingerprint density at radius 1 is 0.952 bits per heavy atom. The van der Waals surface area contributed by atoms with Crippen LogP contribution in [0.25, 0.3) is 22.2 Å². The van der Waals surface area contributed by atoms with Gasteiger partial charge in [0.15, 0.2) is 12.3 Å². The zero-order valence-corrected chi connectivity index (χ0v) is 23.8. The number of esters is 1. The summed E-state index contributed by atoms with van der Waals surface area (Å²) in [4.78, 5) is 22.0. The molecular formula is C31H26Cl2N4O5. The molecule has 0 spiro atoms. The summed E-state index contributed by atoms with van der Waals surface area (Å²) in [5.41, 5.74) is 3.19. The highest BCUT2D eigenvalue weighted by Crippen LogP contribution is 2.41. The highest BCUT2D eigenvalue weighted by molar-refractivity contribution is 6.42. The van der Waals surface area contributed by atoms with Gasteiger partial charge in [-0.25, -0.2) is 14.8 Å². The molecule has 0 saturated carbocycles. The predicted molar refractivity (Wildman–Crippen MR) is 159 cm³/mol. The summed E-state index contributed by atoms with van der Waals surface area (Å²) in [5.74, 6) is -0.0403. The van der Waals surface area contributed by atoms with Crippen molar-refractivity contribution in [3.05, 3.63) is 113 Å². The number of ether oxygens (including phenoxy) is 2. The molecule has 2 aromatic heterocycles. The molecule has 0 aliphatic carbocycles. The Morgan fingerprint density at radius 2 is 1.69 bits per heavy atom. The molecule has 3 aromatic carbocycles. The van der Waals surface area contributed by atoms with Crippen molar-refractivity contribution >= 4 is 46.0 Å². The number of anilines is 1. The molecule has 214 valence electrons. The lowest BCUT2D eigenvalue weighted by Gasteiger charge is -2.26. The van der Waals surface area contributed by atoms with E-state index in [1.54, 1.807) is 54.2 Å². The quantitative estimate of drug-likeness (QED) is 0.203. The second kappa shape index (κ2) is 11.7. The van der Waals surface area contributed by atoms with Crippen LogP contribution in [0.5, 0.6) is 0 Å². The van der Waals surface area contributed by atoms with Gasteiger partial charge < -0.3 is 29.6 Å². The number of aliphatic hydroxyl groups excluding tert-OH is 2. The van der Waals surface area contributed by atoms with Crippen molar-refractivity contribution in [2.75, 3.05) is 12.4 Å². The van der Waals surface area contributed by atoms with E-state index in [1.807, 2.05) is 42.5 Å². The molecule has 11 heteroatoms. The maximum absolute atomic E-state index is 13.4. The lowest BCUT2D eigenvalue weighted by molar-refractivity contribution is -0.0916. The molecule has 1 aliphatic heterocycles. The van der Waals surface area contributed by atoms with E-state index < -0.39 is 36.6 Å². The Labute approximate surface area is 251 Å². The van der Waals surface area contributed by atoms with E-state index in [0.717, 1.165) is 11.1 Å². The monoisotopic (exact) mass is 604 g/mol. The number of nitrogens with zero attached hydrogens (tertiary/aromatic N) is 3. The zero-order chi connectivity index (χ0) is 29.4. The van der Waals surface area contributed by atoms with Crippen molar-refractivity contribution < 1.29 is 24.5 Å². The number of benzene rings is 3. The summed E-state index contributed by atoms with van der Waals surface area (Å²) in [6.45, 7) is 0. The van der Waals surface area contributed by atoms with Crippen molar-refractivity contribution in [1.82, 2.24) is 14.5 Å². The van der Waals surface area contributed by atoms with Crippen LogP contribution in [-0.4, -0.2) is 56.1 Å². The third-order valence-corrected chi connectivity index (χ3v) is 8.07. The molecular weight excluding hydrogens is 579 g/mol. The highest BCUT2D eigenvalue weighted by Gasteiger charge is 2.49. The van der Waals surface area contributed by atoms with Crippen LogP contribution in [0.3, 0.4) is 0 Å². The zero-order valence-electron chi connectivity index (χ0n) is 22.3. The molecule has 0 amide bonds. The Bertz CT molecular complexity index is 1730. The Hall–Kier alpha value is -3.99. The van der Waals surface area contributed by atoms with Crippen LogP contribution in [-0.2, 0) is 9.47 Å². The van der Waals surface area contributed by atoms with Gasteiger partial charge in [0.05, 0.1) is 21.0 Å². The second-order valence-electron chi connectivity index (χ2n) is 9.85. The third kappa shape index (κ3) is 5.21. The average Bonchev–Trinajstić information content (AvgIpc) is 3.58. The second-order valence-corrected chi connectivity index (χ2v) is 10.7. The van der Waals surface area contributed by atoms with Crippen LogP contribution in [0.1, 0.15) is 28.3 Å². The van der Waals surface area contributed by atoms with Gasteiger partial charge in [-0.1, -0.05) is 71.7 Å². The van der Waals surface area contributed by atoms with E-state index in [1.165, 1.54) is 6.33 Å². The Balaban J connectivity index is 1.32. The fourth-order valence-electron chi connectivity index (χ4n) is 5.17. The number of halogens is 2. The van der Waals surface area contributed by atoms with Gasteiger partial charge >= 0.3 is 5.97 Å². The van der Waals surface area contributed by atoms with Gasteiger partial charge in [-0.05, 0) is 47.0 Å². The van der Waals surface area contributed by atoms with Gasteiger partial charge in [-0.15, -0.1) is 0 Å². The lowest BCUT2D eigenvalue weighted by atomic mass is 9.98. The molecule has 3 N–H and O–H groups in total. The molecule has 1 fully saturated rings. The van der Waals surface area contributed by atoms with E-state index in [-0.39, 0.29) is 5.02 Å². The van der Waals surface area contributed by atoms with Crippen molar-refractivity contribution in [3.63, 3.8) is 0 Å². The van der Waals surface area contributed by atoms with Crippen LogP contribution in [0.4, 0.5) is 5.82 Å². The first kappa shape index (κ1) is 28.1. The van der Waals surface area contributed by atoms with Crippen LogP contribution in [0, 0.1) is 0 Å². The fourth-order valence-corrected chi connectivity index (χ4v) is 5.47. The minimum Gasteiger partial charge on any atom is -0.451 e. The Morgan fingerprint density at radius 3 is 2.40 bits per heavy atom. The maximum Gasteiger partial charge on any atom is 0.338 e. The minimum atomic E-state index is -1.43. The van der Waals surface area contributed by atoms with E-state index in [9.17, 15) is 15.0 Å². The lowest BCUT2D eigenvalue weighted by Crippen LogP contribution is -2.36. The summed E-state index contributed by atoms with van der Waals surface area (Å²) in [6.07, 6.45) is -3.03. The van der Waals surface area contributed by atoms with Crippen LogP contribution < -0.4 is 5.32 Å². The number of fused-ring (bicyclic) bond motifs is 1. The summed E-state index contributed by atoms with van der Waals surface area (Å²) in [6, 6.07) is 23.3. The molecule has 5 atom stereocenters. The molecule has 5 aromatic rings. The minimum absolute atomic E-state index is 0.236. The summed E-state index contributed by atoms with van der Waals surface area (Å²) < 4.78 is 13.8. The Kier molecular flexibility index (Phi) is 7.85. The first-order chi connectivity index (χ1) is 20.4. The van der Waals surface area contributed by atoms with Crippen molar-refractivity contribution in [2.45, 2.75) is 30.6 Å². The molecule has 0 unspecified atom stereocenters. The molecule has 6 rings (SSSR count). The number of hydrogen-bond donors (Lipinski definition) is 3. The first-order valence-electron chi connectivity index (χ1n) is 13.2. The summed E-state index contributed by atoms with van der Waals surface area (Å²) in [5, 5.41) is 26.6. The van der Waals surface area contributed by atoms with E-state index in [2.05, 4.69) is 15.3 Å². The fraction of sp³-hybridized carbons (Fsp3) is 0.194. The number of aromatic nitrogens is 3. The largest absolute Gasteiger partial charge is 0.451 e. The van der Waals surface area contributed by atoms with Crippen LogP contribution >= 0.6 is 23.2 Å². The van der Waals surface area contributed by atoms with Crippen LogP contribution in [0.2, 0.25) is 10.0 Å². The smallest absolute Gasteiger partial charge is 0.338 e. The number of hydrogen-bond acceptors (Lipinski definition) is 8. The van der Waals surface area contributed by atoms with Gasteiger partial charge in [-0.3, -0.25) is 0 Å². The van der Waals surface area contributed by atoms with Crippen molar-refractivity contribution in [1.29, 1.82) is 0 Å². The highest BCUT2D eigenvalue weighted by atomic mass is 35.5. The van der Waals surface area contributed by atoms with E-state index >= 15 is 0 Å². The standard InChI is InChI=1S/C31H26Cl2N4O5/c1-34-28-21-13-14-37(29(21)36-16-35-28)30-25(39)24(38)27(41-30)26(20-11-12-22(32)23(33)15-20)42-31(40)19-9-7-18(8-10-19)17-5-3-2-4-6-17/h2-16,24-27,30,38-39H,1H3,(H,34,35,36)/t24-,25+,26+,27-,30+/m0/s1. The molecule has 3 heterocycles. The van der Waals surface area contributed by atoms with E-state index in [0.29, 0.717) is 33.0 Å². The van der Waals surface area contributed by atoms with Gasteiger partial charge in [-0.2, -0.15) is 0 Å². The molecule has 9 nitrogen and oxygen atoms in total. The normalized spacial score (nSPS) is 20.9. The number of nitrogens with one attached hydrogen (secondary N) is 1. The molecule has 1 aliphatic rings. The van der Waals surface area contributed by atoms with E-state index in [4.69, 9.17) is 32.7 Å². The van der Waals surface area contributed by atoms with Gasteiger partial charge in [0, 0.05) is 13.2 Å². The molecule has 1 saturated heterocycles. The topological polar surface area (TPSA) is 119 Å². The van der Waals surface area contributed by atoms with Gasteiger partial charge in [0.1, 0.15) is 36.1 Å².